The number of nitrogens with one attached hydrogen (secondary N) is 1. The van der Waals surface area contributed by atoms with Gasteiger partial charge in [-0.25, -0.2) is 0 Å². The molecule has 150 valence electrons. The molecule has 0 aliphatic carbocycles. The minimum Gasteiger partial charge on any atom is -0.484 e. The number of benzene rings is 1. The highest BCUT2D eigenvalue weighted by Crippen LogP contribution is 2.28. The summed E-state index contributed by atoms with van der Waals surface area (Å²) in [6.45, 7) is 1.33. The lowest BCUT2D eigenvalue weighted by molar-refractivity contribution is -0.385. The Hall–Kier alpha value is -2.85. The summed E-state index contributed by atoms with van der Waals surface area (Å²) in [7, 11) is 0. The van der Waals surface area contributed by atoms with Crippen LogP contribution in [0.4, 0.5) is 18.9 Å². The Morgan fingerprint density at radius 1 is 1.26 bits per heavy atom. The van der Waals surface area contributed by atoms with E-state index < -0.39 is 46.2 Å². The standard InChI is InChI=1S/C16H19F3N2O6/c1-3-15(4-2,14(23)24)8-20-13(22)11-7-10(27-9-16(17,18)19)5-6-12(11)21(25)26/h5-7H,3-4,8-9H2,1-2H3,(H,20,22)(H,23,24). The average molecular weight is 392 g/mol. The van der Waals surface area contributed by atoms with Gasteiger partial charge in [0.1, 0.15) is 11.3 Å². The van der Waals surface area contributed by atoms with E-state index in [1.54, 1.807) is 13.8 Å². The van der Waals surface area contributed by atoms with Crippen molar-refractivity contribution in [3.63, 3.8) is 0 Å². The zero-order chi connectivity index (χ0) is 20.8. The van der Waals surface area contributed by atoms with Crippen molar-refractivity contribution < 1.29 is 37.5 Å². The molecule has 0 fully saturated rings. The van der Waals surface area contributed by atoms with Gasteiger partial charge in [-0.15, -0.1) is 0 Å². The Labute approximate surface area is 152 Å². The van der Waals surface area contributed by atoms with Crippen LogP contribution in [-0.2, 0) is 4.79 Å². The van der Waals surface area contributed by atoms with Gasteiger partial charge in [0.25, 0.3) is 11.6 Å². The molecular formula is C16H19F3N2O6. The summed E-state index contributed by atoms with van der Waals surface area (Å²) >= 11 is 0. The quantitative estimate of drug-likeness (QED) is 0.492. The van der Waals surface area contributed by atoms with Gasteiger partial charge in [-0.05, 0) is 25.0 Å². The smallest absolute Gasteiger partial charge is 0.422 e. The van der Waals surface area contributed by atoms with Gasteiger partial charge in [-0.3, -0.25) is 19.7 Å². The first-order chi connectivity index (χ1) is 12.5. The van der Waals surface area contributed by atoms with Crippen molar-refractivity contribution in [1.82, 2.24) is 5.32 Å². The number of carbonyl (C=O) groups excluding carboxylic acids is 1. The monoisotopic (exact) mass is 392 g/mol. The molecule has 8 nitrogen and oxygen atoms in total. The predicted octanol–water partition coefficient (Wildman–Crippen LogP) is 3.16. The third kappa shape index (κ3) is 5.83. The van der Waals surface area contributed by atoms with E-state index in [9.17, 15) is 38.0 Å². The van der Waals surface area contributed by atoms with Crippen LogP contribution in [-0.4, -0.2) is 41.2 Å². The summed E-state index contributed by atoms with van der Waals surface area (Å²) in [4.78, 5) is 34.0. The van der Waals surface area contributed by atoms with E-state index in [2.05, 4.69) is 10.1 Å². The number of amides is 1. The maximum atomic E-state index is 12.3. The van der Waals surface area contributed by atoms with Gasteiger partial charge in [0.2, 0.25) is 0 Å². The summed E-state index contributed by atoms with van der Waals surface area (Å²) in [5, 5.41) is 22.8. The van der Waals surface area contributed by atoms with Gasteiger partial charge < -0.3 is 15.2 Å². The van der Waals surface area contributed by atoms with Gasteiger partial charge in [-0.1, -0.05) is 13.8 Å². The van der Waals surface area contributed by atoms with Crippen LogP contribution in [0.3, 0.4) is 0 Å². The van der Waals surface area contributed by atoms with Crippen molar-refractivity contribution >= 4 is 17.6 Å². The number of halogens is 3. The van der Waals surface area contributed by atoms with Crippen molar-refractivity contribution in [2.75, 3.05) is 13.2 Å². The van der Waals surface area contributed by atoms with Gasteiger partial charge >= 0.3 is 12.1 Å². The predicted molar refractivity (Wildman–Crippen MR) is 87.6 cm³/mol. The van der Waals surface area contributed by atoms with Gasteiger partial charge in [0.15, 0.2) is 6.61 Å². The summed E-state index contributed by atoms with van der Waals surface area (Å²) < 4.78 is 41.2. The number of nitro groups is 1. The molecule has 1 aromatic carbocycles. The third-order valence-corrected chi connectivity index (χ3v) is 4.21. The number of nitrogens with zero attached hydrogens (tertiary/aromatic N) is 1. The number of aliphatic carboxylic acids is 1. The van der Waals surface area contributed by atoms with E-state index in [4.69, 9.17) is 0 Å². The van der Waals surface area contributed by atoms with Crippen molar-refractivity contribution in [1.29, 1.82) is 0 Å². The molecule has 0 aliphatic heterocycles. The van der Waals surface area contributed by atoms with Crippen LogP contribution in [0.25, 0.3) is 0 Å². The first-order valence-electron chi connectivity index (χ1n) is 7.95. The second kappa shape index (κ2) is 8.69. The number of alkyl halides is 3. The van der Waals surface area contributed by atoms with E-state index in [1.807, 2.05) is 0 Å². The maximum Gasteiger partial charge on any atom is 0.422 e. The highest BCUT2D eigenvalue weighted by molar-refractivity contribution is 5.98. The zero-order valence-corrected chi connectivity index (χ0v) is 14.6. The minimum atomic E-state index is -4.62. The second-order valence-corrected chi connectivity index (χ2v) is 5.82. The number of carboxylic acids is 1. The molecule has 11 heteroatoms. The lowest BCUT2D eigenvalue weighted by atomic mass is 9.82. The number of nitro benzene ring substituents is 1. The number of carbonyl (C=O) groups is 2. The Kier molecular flexibility index (Phi) is 7.14. The van der Waals surface area contributed by atoms with Crippen molar-refractivity contribution in [3.05, 3.63) is 33.9 Å². The minimum absolute atomic E-state index is 0.204. The van der Waals surface area contributed by atoms with Gasteiger partial charge in [0, 0.05) is 12.6 Å². The summed E-state index contributed by atoms with van der Waals surface area (Å²) in [5.74, 6) is -2.49. The molecule has 0 spiro atoms. The van der Waals surface area contributed by atoms with E-state index in [0.717, 1.165) is 18.2 Å². The molecule has 0 unspecified atom stereocenters. The summed E-state index contributed by atoms with van der Waals surface area (Å²) in [5.41, 5.74) is -2.42. The van der Waals surface area contributed by atoms with E-state index in [1.165, 1.54) is 0 Å². The van der Waals surface area contributed by atoms with Gasteiger partial charge in [-0.2, -0.15) is 13.2 Å². The molecule has 0 aromatic heterocycles. The van der Waals surface area contributed by atoms with E-state index >= 15 is 0 Å². The number of hydrogen-bond acceptors (Lipinski definition) is 5. The van der Waals surface area contributed by atoms with Crippen LogP contribution in [0.5, 0.6) is 5.75 Å². The Balaban J connectivity index is 3.08. The van der Waals surface area contributed by atoms with Gasteiger partial charge in [0.05, 0.1) is 10.3 Å². The number of hydrogen-bond donors (Lipinski definition) is 2. The average Bonchev–Trinajstić information content (AvgIpc) is 2.59. The molecule has 2 N–H and O–H groups in total. The highest BCUT2D eigenvalue weighted by Gasteiger charge is 2.36. The van der Waals surface area contributed by atoms with Crippen LogP contribution in [0, 0.1) is 15.5 Å². The van der Waals surface area contributed by atoms with Crippen molar-refractivity contribution in [2.45, 2.75) is 32.9 Å². The molecule has 27 heavy (non-hydrogen) atoms. The van der Waals surface area contributed by atoms with Crippen LogP contribution in [0.15, 0.2) is 18.2 Å². The molecule has 1 amide bonds. The maximum absolute atomic E-state index is 12.3. The third-order valence-electron chi connectivity index (χ3n) is 4.21. The largest absolute Gasteiger partial charge is 0.484 e. The van der Waals surface area contributed by atoms with E-state index in [0.29, 0.717) is 0 Å². The van der Waals surface area contributed by atoms with Crippen LogP contribution < -0.4 is 10.1 Å². The first-order valence-corrected chi connectivity index (χ1v) is 7.95. The molecule has 1 aromatic rings. The molecule has 0 heterocycles. The fraction of sp³-hybridized carbons (Fsp3) is 0.500. The Bertz CT molecular complexity index is 717. The molecule has 0 saturated heterocycles. The summed E-state index contributed by atoms with van der Waals surface area (Å²) in [6.07, 6.45) is -4.21. The zero-order valence-electron chi connectivity index (χ0n) is 14.6. The van der Waals surface area contributed by atoms with Crippen molar-refractivity contribution in [2.24, 2.45) is 5.41 Å². The second-order valence-electron chi connectivity index (χ2n) is 5.82. The van der Waals surface area contributed by atoms with Crippen LogP contribution >= 0.6 is 0 Å². The van der Waals surface area contributed by atoms with Crippen molar-refractivity contribution in [3.8, 4) is 5.75 Å². The lowest BCUT2D eigenvalue weighted by Gasteiger charge is -2.26. The molecule has 0 aliphatic rings. The Morgan fingerprint density at radius 2 is 1.85 bits per heavy atom. The summed E-state index contributed by atoms with van der Waals surface area (Å²) in [6, 6.07) is 2.62. The molecule has 0 atom stereocenters. The lowest BCUT2D eigenvalue weighted by Crippen LogP contribution is -2.42. The Morgan fingerprint density at radius 3 is 2.30 bits per heavy atom. The fourth-order valence-corrected chi connectivity index (χ4v) is 2.33. The number of carboxylic acid groups (broad SMARTS) is 1. The normalized spacial score (nSPS) is 11.7. The molecule has 0 radical (unpaired) electrons. The highest BCUT2D eigenvalue weighted by atomic mass is 19.4. The molecule has 0 bridgehead atoms. The topological polar surface area (TPSA) is 119 Å². The van der Waals surface area contributed by atoms with E-state index in [-0.39, 0.29) is 25.1 Å². The van der Waals surface area contributed by atoms with Crippen LogP contribution in [0.2, 0.25) is 0 Å². The fourth-order valence-electron chi connectivity index (χ4n) is 2.33. The van der Waals surface area contributed by atoms with Crippen LogP contribution in [0.1, 0.15) is 37.0 Å². The number of rotatable bonds is 9. The first kappa shape index (κ1) is 22.2. The molecule has 1 rings (SSSR count). The molecule has 0 saturated carbocycles. The SMILES string of the molecule is CCC(CC)(CNC(=O)c1cc(OCC(F)(F)F)ccc1[N+](=O)[O-])C(=O)O. The molecular weight excluding hydrogens is 373 g/mol. The number of ether oxygens (including phenoxy) is 1.